The van der Waals surface area contributed by atoms with E-state index in [1.165, 1.54) is 51.5 Å². The Morgan fingerprint density at radius 3 is 2.29 bits per heavy atom. The molecule has 1 heterocycles. The maximum atomic E-state index is 2.51. The first-order valence-corrected chi connectivity index (χ1v) is 6.30. The van der Waals surface area contributed by atoms with Crippen LogP contribution in [0.2, 0.25) is 0 Å². The average molecular weight is 198 g/mol. The fraction of sp³-hybridized carbons (Fsp3) is 1.00. The van der Waals surface area contributed by atoms with Crippen molar-refractivity contribution in [2.24, 2.45) is 0 Å². The molecule has 0 aromatic carbocycles. The van der Waals surface area contributed by atoms with Gasteiger partial charge < -0.3 is 0 Å². The van der Waals surface area contributed by atoms with E-state index in [-0.39, 0.29) is 0 Å². The van der Waals surface area contributed by atoms with E-state index >= 15 is 0 Å². The van der Waals surface area contributed by atoms with Gasteiger partial charge in [0.2, 0.25) is 0 Å². The first-order chi connectivity index (χ1) is 6.81. The van der Waals surface area contributed by atoms with Crippen LogP contribution in [0.25, 0.3) is 0 Å². The highest BCUT2D eigenvalue weighted by Crippen LogP contribution is 2.28. The summed E-state index contributed by atoms with van der Waals surface area (Å²) in [6.45, 7) is 5.81. The van der Waals surface area contributed by atoms with Crippen LogP contribution in [0.15, 0.2) is 0 Å². The largest absolute Gasteiger partial charge is 0.225 e. The van der Waals surface area contributed by atoms with Crippen molar-refractivity contribution in [3.05, 3.63) is 0 Å². The molecule has 3 atom stereocenters. The minimum Gasteiger partial charge on any atom is -0.225 e. The lowest BCUT2D eigenvalue weighted by atomic mass is 10.1. The molecule has 0 bridgehead atoms. The topological polar surface area (TPSA) is 6.02 Å². The van der Waals surface area contributed by atoms with E-state index in [1.807, 2.05) is 0 Å². The molecule has 0 spiro atoms. The van der Waals surface area contributed by atoms with E-state index < -0.39 is 0 Å². The van der Waals surface area contributed by atoms with Gasteiger partial charge in [0.15, 0.2) is 0 Å². The molecule has 1 aliphatic heterocycles. The van der Waals surface area contributed by atoms with Gasteiger partial charge >= 0.3 is 0 Å². The van der Waals surface area contributed by atoms with Crippen LogP contribution < -0.4 is 0 Å². The van der Waals surface area contributed by atoms with Crippen LogP contribution in [0.4, 0.5) is 0 Å². The van der Waals surface area contributed by atoms with E-state index in [0.717, 1.165) is 6.17 Å². The van der Waals surface area contributed by atoms with Crippen LogP contribution in [0.5, 0.6) is 0 Å². The smallest absolute Gasteiger partial charge is 0.0891 e. The Hall–Kier alpha value is -0.0800. The molecule has 0 saturated carbocycles. The highest BCUT2D eigenvalue weighted by Gasteiger charge is 2.39. The Balaban J connectivity index is 1.98. The van der Waals surface area contributed by atoms with Crippen molar-refractivity contribution >= 4 is 0 Å². The van der Waals surface area contributed by atoms with Crippen molar-refractivity contribution in [3.63, 3.8) is 0 Å². The molecular weight excluding hydrogens is 172 g/mol. The SMILES string of the molecule is CCCCCCC1N(C)N1CCCC. The minimum absolute atomic E-state index is 0.776. The molecule has 3 unspecified atom stereocenters. The van der Waals surface area contributed by atoms with E-state index in [1.54, 1.807) is 0 Å². The highest BCUT2D eigenvalue weighted by atomic mass is 15.8. The summed E-state index contributed by atoms with van der Waals surface area (Å²) in [5, 5.41) is 4.91. The highest BCUT2D eigenvalue weighted by molar-refractivity contribution is 4.79. The van der Waals surface area contributed by atoms with Gasteiger partial charge in [-0.1, -0.05) is 46.0 Å². The molecular formula is C12H26N2. The molecule has 1 aliphatic rings. The van der Waals surface area contributed by atoms with Gasteiger partial charge in [-0.05, 0) is 12.8 Å². The molecule has 1 fully saturated rings. The standard InChI is InChI=1S/C12H26N2/c1-4-6-8-9-10-12-13(3)14(12)11-7-5-2/h12H,4-11H2,1-3H3. The molecule has 0 N–H and O–H groups in total. The summed E-state index contributed by atoms with van der Waals surface area (Å²) in [5.41, 5.74) is 0. The Labute approximate surface area is 89.2 Å². The molecule has 0 aromatic heterocycles. The third-order valence-electron chi connectivity index (χ3n) is 3.18. The van der Waals surface area contributed by atoms with E-state index in [0.29, 0.717) is 0 Å². The van der Waals surface area contributed by atoms with E-state index in [2.05, 4.69) is 30.9 Å². The number of hydrogen-bond acceptors (Lipinski definition) is 2. The third kappa shape index (κ3) is 3.58. The Morgan fingerprint density at radius 2 is 1.64 bits per heavy atom. The first kappa shape index (κ1) is 12.0. The summed E-state index contributed by atoms with van der Waals surface area (Å²) in [7, 11) is 2.22. The number of rotatable bonds is 8. The third-order valence-corrected chi connectivity index (χ3v) is 3.18. The molecule has 2 nitrogen and oxygen atoms in total. The fourth-order valence-corrected chi connectivity index (χ4v) is 2.07. The van der Waals surface area contributed by atoms with Gasteiger partial charge in [-0.25, -0.2) is 10.0 Å². The van der Waals surface area contributed by atoms with E-state index in [9.17, 15) is 0 Å². The van der Waals surface area contributed by atoms with E-state index in [4.69, 9.17) is 0 Å². The summed E-state index contributed by atoms with van der Waals surface area (Å²) in [6, 6.07) is 0. The molecule has 0 radical (unpaired) electrons. The first-order valence-electron chi connectivity index (χ1n) is 6.30. The lowest BCUT2D eigenvalue weighted by Gasteiger charge is -1.99. The second-order valence-corrected chi connectivity index (χ2v) is 4.42. The van der Waals surface area contributed by atoms with Crippen molar-refractivity contribution in [1.29, 1.82) is 0 Å². The summed E-state index contributed by atoms with van der Waals surface area (Å²) in [5.74, 6) is 0. The molecule has 1 rings (SSSR count). The number of hydrazine groups is 1. The van der Waals surface area contributed by atoms with Crippen LogP contribution in [0.3, 0.4) is 0 Å². The predicted octanol–water partition coefficient (Wildman–Crippen LogP) is 3.25. The summed E-state index contributed by atoms with van der Waals surface area (Å²) in [4.78, 5) is 0. The molecule has 1 saturated heterocycles. The minimum atomic E-state index is 0.776. The van der Waals surface area contributed by atoms with Crippen LogP contribution in [0.1, 0.15) is 58.8 Å². The Bertz CT molecular complexity index is 147. The van der Waals surface area contributed by atoms with Gasteiger partial charge in [0.25, 0.3) is 0 Å². The summed E-state index contributed by atoms with van der Waals surface area (Å²) in [6.07, 6.45) is 10.4. The number of unbranched alkanes of at least 4 members (excludes halogenated alkanes) is 4. The molecule has 14 heavy (non-hydrogen) atoms. The molecule has 84 valence electrons. The monoisotopic (exact) mass is 198 g/mol. The quantitative estimate of drug-likeness (QED) is 0.436. The maximum Gasteiger partial charge on any atom is 0.0891 e. The second kappa shape index (κ2) is 6.41. The van der Waals surface area contributed by atoms with Gasteiger partial charge in [-0.3, -0.25) is 0 Å². The van der Waals surface area contributed by atoms with Crippen molar-refractivity contribution in [2.75, 3.05) is 13.6 Å². The van der Waals surface area contributed by atoms with Gasteiger partial charge in [0.1, 0.15) is 0 Å². The van der Waals surface area contributed by atoms with Gasteiger partial charge in [0, 0.05) is 13.6 Å². The van der Waals surface area contributed by atoms with Gasteiger partial charge in [0.05, 0.1) is 6.17 Å². The second-order valence-electron chi connectivity index (χ2n) is 4.42. The van der Waals surface area contributed by atoms with Crippen LogP contribution >= 0.6 is 0 Å². The zero-order valence-corrected chi connectivity index (χ0v) is 10.1. The van der Waals surface area contributed by atoms with Crippen molar-refractivity contribution < 1.29 is 0 Å². The van der Waals surface area contributed by atoms with Crippen LogP contribution in [-0.4, -0.2) is 29.8 Å². The average Bonchev–Trinajstić information content (AvgIpc) is 2.80. The normalized spacial score (nSPS) is 30.6. The fourth-order valence-electron chi connectivity index (χ4n) is 2.07. The molecule has 0 amide bonds. The number of nitrogens with zero attached hydrogens (tertiary/aromatic N) is 2. The summed E-state index contributed by atoms with van der Waals surface area (Å²) >= 11 is 0. The van der Waals surface area contributed by atoms with Crippen molar-refractivity contribution in [2.45, 2.75) is 65.0 Å². The van der Waals surface area contributed by atoms with Crippen molar-refractivity contribution in [1.82, 2.24) is 10.0 Å². The van der Waals surface area contributed by atoms with Gasteiger partial charge in [-0.2, -0.15) is 0 Å². The van der Waals surface area contributed by atoms with Crippen LogP contribution in [-0.2, 0) is 0 Å². The lowest BCUT2D eigenvalue weighted by molar-refractivity contribution is 0.344. The molecule has 2 heteroatoms. The predicted molar refractivity (Wildman–Crippen MR) is 61.9 cm³/mol. The molecule has 0 aromatic rings. The number of hydrogen-bond donors (Lipinski definition) is 0. The van der Waals surface area contributed by atoms with Crippen molar-refractivity contribution in [3.8, 4) is 0 Å². The maximum absolute atomic E-state index is 2.51. The molecule has 0 aliphatic carbocycles. The zero-order valence-electron chi connectivity index (χ0n) is 10.1. The Morgan fingerprint density at radius 1 is 0.929 bits per heavy atom. The zero-order chi connectivity index (χ0) is 10.4. The lowest BCUT2D eigenvalue weighted by Crippen LogP contribution is -2.05. The van der Waals surface area contributed by atoms with Crippen LogP contribution in [0, 0.1) is 0 Å². The summed E-state index contributed by atoms with van der Waals surface area (Å²) < 4.78 is 0. The Kier molecular flexibility index (Phi) is 5.49. The van der Waals surface area contributed by atoms with Gasteiger partial charge in [-0.15, -0.1) is 0 Å².